The summed E-state index contributed by atoms with van der Waals surface area (Å²) in [4.78, 5) is 41.9. The fourth-order valence-electron chi connectivity index (χ4n) is 4.45. The smallest absolute Gasteiger partial charge is 0.269 e. The Hall–Kier alpha value is -3.29. The Morgan fingerprint density at radius 3 is 2.50 bits per heavy atom. The summed E-state index contributed by atoms with van der Waals surface area (Å²) in [5.41, 5.74) is 4.76. The molecule has 1 spiro atoms. The van der Waals surface area contributed by atoms with Crippen LogP contribution in [0.15, 0.2) is 66.7 Å². The minimum atomic E-state index is -1.24. The molecule has 1 saturated heterocycles. The highest BCUT2D eigenvalue weighted by Crippen LogP contribution is 2.55. The third-order valence-electron chi connectivity index (χ3n) is 6.24. The predicted molar refractivity (Wildman–Crippen MR) is 136 cm³/mol. The van der Waals surface area contributed by atoms with Crippen molar-refractivity contribution in [2.75, 3.05) is 27.4 Å². The van der Waals surface area contributed by atoms with E-state index in [1.807, 2.05) is 56.3 Å². The summed E-state index contributed by atoms with van der Waals surface area (Å²) in [7, 11) is 0. The van der Waals surface area contributed by atoms with E-state index in [2.05, 4.69) is 5.32 Å². The van der Waals surface area contributed by atoms with E-state index < -0.39 is 4.87 Å². The molecule has 5 rings (SSSR count). The van der Waals surface area contributed by atoms with Crippen molar-refractivity contribution in [3.05, 3.63) is 88.4 Å². The van der Waals surface area contributed by atoms with E-state index in [-0.39, 0.29) is 30.0 Å². The molecule has 3 aromatic carbocycles. The second-order valence-corrected chi connectivity index (χ2v) is 10.00. The number of carbonyl (C=O) groups is 3. The van der Waals surface area contributed by atoms with Crippen molar-refractivity contribution in [3.8, 4) is 0 Å². The molecule has 0 radical (unpaired) electrons. The number of hydrogen-bond acceptors (Lipinski definition) is 4. The van der Waals surface area contributed by atoms with Crippen LogP contribution in [-0.2, 0) is 19.3 Å². The lowest BCUT2D eigenvalue weighted by Gasteiger charge is -2.33. The van der Waals surface area contributed by atoms with Gasteiger partial charge < -0.3 is 5.32 Å². The molecule has 1 N–H and O–H groups in total. The number of halogens is 1. The number of nitrogens with zero attached hydrogens (tertiary/aromatic N) is 2. The van der Waals surface area contributed by atoms with Crippen molar-refractivity contribution in [1.29, 1.82) is 0 Å². The van der Waals surface area contributed by atoms with Gasteiger partial charge in [-0.2, -0.15) is 0 Å². The standard InChI is InChI=1S/C26H22ClN3O3S/c1-16-7-12-20(13-17(16)2)30-24(32)15-34-26(30)21-5-3-4-6-22(21)29(25(26)33)14-23(31)28-19-10-8-18(27)9-11-19/h3-13H,14-15H2,1-2H3,(H,28,31)/t26-/m0/s1. The lowest BCUT2D eigenvalue weighted by Crippen LogP contribution is -2.50. The third-order valence-corrected chi connectivity index (χ3v) is 7.88. The van der Waals surface area contributed by atoms with E-state index in [9.17, 15) is 14.4 Å². The average Bonchev–Trinajstić information content (AvgIpc) is 3.28. The molecule has 0 saturated carbocycles. The molecule has 2 heterocycles. The zero-order valence-electron chi connectivity index (χ0n) is 18.7. The summed E-state index contributed by atoms with van der Waals surface area (Å²) in [5, 5.41) is 3.38. The van der Waals surface area contributed by atoms with E-state index in [0.717, 1.165) is 11.1 Å². The Balaban J connectivity index is 1.52. The number of thioether (sulfide) groups is 1. The molecule has 0 aliphatic carbocycles. The van der Waals surface area contributed by atoms with Gasteiger partial charge in [0.15, 0.2) is 0 Å². The minimum absolute atomic E-state index is 0.135. The number of aryl methyl sites for hydroxylation is 2. The fraction of sp³-hybridized carbons (Fsp3) is 0.192. The maximum absolute atomic E-state index is 14.0. The highest BCUT2D eigenvalue weighted by molar-refractivity contribution is 8.02. The van der Waals surface area contributed by atoms with Crippen LogP contribution in [0.5, 0.6) is 0 Å². The van der Waals surface area contributed by atoms with Gasteiger partial charge in [-0.05, 0) is 67.4 Å². The molecule has 8 heteroatoms. The number of amides is 3. The first-order valence-electron chi connectivity index (χ1n) is 10.8. The number of anilines is 3. The summed E-state index contributed by atoms with van der Waals surface area (Å²) in [5.74, 6) is -0.592. The van der Waals surface area contributed by atoms with Gasteiger partial charge in [-0.1, -0.05) is 35.9 Å². The van der Waals surface area contributed by atoms with Crippen molar-refractivity contribution in [1.82, 2.24) is 0 Å². The second kappa shape index (κ2) is 8.49. The third kappa shape index (κ3) is 3.56. The van der Waals surface area contributed by atoms with Gasteiger partial charge in [0.2, 0.25) is 16.7 Å². The van der Waals surface area contributed by atoms with Gasteiger partial charge in [0.05, 0.1) is 11.4 Å². The number of carbonyl (C=O) groups excluding carboxylic acids is 3. The zero-order valence-corrected chi connectivity index (χ0v) is 20.2. The fourth-order valence-corrected chi connectivity index (χ4v) is 5.94. The Bertz CT molecular complexity index is 1330. The van der Waals surface area contributed by atoms with Gasteiger partial charge in [0, 0.05) is 22.0 Å². The minimum Gasteiger partial charge on any atom is -0.325 e. The van der Waals surface area contributed by atoms with E-state index in [4.69, 9.17) is 11.6 Å². The first-order chi connectivity index (χ1) is 16.3. The van der Waals surface area contributed by atoms with Crippen LogP contribution in [0.2, 0.25) is 5.02 Å². The van der Waals surface area contributed by atoms with E-state index in [0.29, 0.717) is 27.6 Å². The molecule has 1 fully saturated rings. The summed E-state index contributed by atoms with van der Waals surface area (Å²) < 4.78 is 0. The number of para-hydroxylation sites is 1. The molecule has 2 aliphatic rings. The van der Waals surface area contributed by atoms with Crippen molar-refractivity contribution in [3.63, 3.8) is 0 Å². The van der Waals surface area contributed by atoms with Crippen LogP contribution < -0.4 is 15.1 Å². The maximum Gasteiger partial charge on any atom is 0.269 e. The van der Waals surface area contributed by atoms with E-state index in [1.54, 1.807) is 29.2 Å². The van der Waals surface area contributed by atoms with Crippen LogP contribution in [0.3, 0.4) is 0 Å². The van der Waals surface area contributed by atoms with Crippen LogP contribution in [0, 0.1) is 13.8 Å². The van der Waals surface area contributed by atoms with E-state index >= 15 is 0 Å². The van der Waals surface area contributed by atoms with Gasteiger partial charge in [-0.15, -0.1) is 11.8 Å². The molecule has 172 valence electrons. The van der Waals surface area contributed by atoms with Crippen molar-refractivity contribution in [2.45, 2.75) is 18.7 Å². The molecule has 3 amide bonds. The van der Waals surface area contributed by atoms with Gasteiger partial charge in [0.1, 0.15) is 6.54 Å². The van der Waals surface area contributed by atoms with Crippen LogP contribution in [0.25, 0.3) is 0 Å². The zero-order chi connectivity index (χ0) is 24.0. The van der Waals surface area contributed by atoms with Crippen molar-refractivity contribution >= 4 is 58.1 Å². The highest BCUT2D eigenvalue weighted by atomic mass is 35.5. The summed E-state index contributed by atoms with van der Waals surface area (Å²) in [6.07, 6.45) is 0. The highest BCUT2D eigenvalue weighted by Gasteiger charge is 2.61. The second-order valence-electron chi connectivity index (χ2n) is 8.39. The van der Waals surface area contributed by atoms with Crippen molar-refractivity contribution < 1.29 is 14.4 Å². The molecule has 3 aromatic rings. The summed E-state index contributed by atoms with van der Waals surface area (Å²) >= 11 is 7.22. The SMILES string of the molecule is Cc1ccc(N2C(=O)CS[C@@]23C(=O)N(CC(=O)Nc2ccc(Cl)cc2)c2ccccc23)cc1C. The maximum atomic E-state index is 14.0. The van der Waals surface area contributed by atoms with Crippen molar-refractivity contribution in [2.24, 2.45) is 0 Å². The normalized spacial score (nSPS) is 19.1. The Morgan fingerprint density at radius 2 is 1.76 bits per heavy atom. The summed E-state index contributed by atoms with van der Waals surface area (Å²) in [6, 6.07) is 19.9. The van der Waals surface area contributed by atoms with Gasteiger partial charge in [0.25, 0.3) is 5.91 Å². The largest absolute Gasteiger partial charge is 0.325 e. The molecule has 6 nitrogen and oxygen atoms in total. The molecular formula is C26H22ClN3O3S. The Morgan fingerprint density at radius 1 is 1.03 bits per heavy atom. The summed E-state index contributed by atoms with van der Waals surface area (Å²) in [6.45, 7) is 3.82. The topological polar surface area (TPSA) is 69.7 Å². The van der Waals surface area contributed by atoms with Gasteiger partial charge in [-0.25, -0.2) is 0 Å². The first kappa shape index (κ1) is 22.5. The number of hydrogen-bond donors (Lipinski definition) is 1. The molecule has 34 heavy (non-hydrogen) atoms. The molecule has 0 bridgehead atoms. The van der Waals surface area contributed by atoms with Gasteiger partial charge in [-0.3, -0.25) is 24.2 Å². The van der Waals surface area contributed by atoms with Crippen LogP contribution in [0.4, 0.5) is 17.1 Å². The Labute approximate surface area is 206 Å². The molecule has 1 atom stereocenters. The van der Waals surface area contributed by atoms with Crippen LogP contribution in [0.1, 0.15) is 16.7 Å². The molecule has 0 unspecified atom stereocenters. The van der Waals surface area contributed by atoms with E-state index in [1.165, 1.54) is 16.7 Å². The number of nitrogens with one attached hydrogen (secondary N) is 1. The quantitative estimate of drug-likeness (QED) is 0.565. The lowest BCUT2D eigenvalue weighted by molar-refractivity contribution is -0.124. The molecular weight excluding hydrogens is 470 g/mol. The average molecular weight is 492 g/mol. The predicted octanol–water partition coefficient (Wildman–Crippen LogP) is 4.87. The Kier molecular flexibility index (Phi) is 5.62. The van der Waals surface area contributed by atoms with Crippen LogP contribution >= 0.6 is 23.4 Å². The first-order valence-corrected chi connectivity index (χ1v) is 12.2. The van der Waals surface area contributed by atoms with Crippen LogP contribution in [-0.4, -0.2) is 30.0 Å². The number of fused-ring (bicyclic) bond motifs is 2. The number of rotatable bonds is 4. The van der Waals surface area contributed by atoms with Gasteiger partial charge >= 0.3 is 0 Å². The molecule has 2 aliphatic heterocycles. The number of benzene rings is 3. The molecule has 0 aromatic heterocycles. The lowest BCUT2D eigenvalue weighted by atomic mass is 10.0. The monoisotopic (exact) mass is 491 g/mol.